The Hall–Kier alpha value is -2.71. The van der Waals surface area contributed by atoms with Gasteiger partial charge >= 0.3 is 0 Å². The Morgan fingerprint density at radius 3 is 2.58 bits per heavy atom. The minimum Gasteiger partial charge on any atom is -0.383 e. The molecule has 0 spiro atoms. The zero-order valence-corrected chi connectivity index (χ0v) is 14.4. The SMILES string of the molecule is Cc1cccc(-c2cc(-c3ccc(Br)cc3F)c(C#N)c(N)n2)c1. The van der Waals surface area contributed by atoms with Crippen LogP contribution in [0.4, 0.5) is 10.2 Å². The van der Waals surface area contributed by atoms with Gasteiger partial charge in [-0.15, -0.1) is 0 Å². The lowest BCUT2D eigenvalue weighted by Gasteiger charge is -2.11. The van der Waals surface area contributed by atoms with E-state index in [0.717, 1.165) is 11.1 Å². The predicted octanol–water partition coefficient (Wildman–Crippen LogP) is 5.08. The summed E-state index contributed by atoms with van der Waals surface area (Å²) in [4.78, 5) is 4.31. The highest BCUT2D eigenvalue weighted by molar-refractivity contribution is 9.10. The summed E-state index contributed by atoms with van der Waals surface area (Å²) >= 11 is 3.24. The predicted molar refractivity (Wildman–Crippen MR) is 96.6 cm³/mol. The standard InChI is InChI=1S/C19H13BrFN3/c1-11-3-2-4-12(7-11)18-9-15(16(10-22)19(23)24-18)14-6-5-13(20)8-17(14)21/h2-9H,1H3,(H2,23,24). The molecule has 2 aromatic carbocycles. The molecule has 1 heterocycles. The van der Waals surface area contributed by atoms with Gasteiger partial charge in [0, 0.05) is 21.2 Å². The first kappa shape index (κ1) is 16.2. The van der Waals surface area contributed by atoms with Crippen molar-refractivity contribution in [1.82, 2.24) is 4.98 Å². The van der Waals surface area contributed by atoms with Crippen LogP contribution in [0.25, 0.3) is 22.4 Å². The highest BCUT2D eigenvalue weighted by atomic mass is 79.9. The molecule has 2 N–H and O–H groups in total. The van der Waals surface area contributed by atoms with Crippen LogP contribution < -0.4 is 5.73 Å². The van der Waals surface area contributed by atoms with Crippen LogP contribution in [0.1, 0.15) is 11.1 Å². The number of nitrogens with two attached hydrogens (primary N) is 1. The number of anilines is 1. The third kappa shape index (κ3) is 3.01. The van der Waals surface area contributed by atoms with Gasteiger partial charge in [0.15, 0.2) is 0 Å². The van der Waals surface area contributed by atoms with Gasteiger partial charge in [-0.1, -0.05) is 45.8 Å². The summed E-state index contributed by atoms with van der Waals surface area (Å²) in [6.45, 7) is 1.98. The lowest BCUT2D eigenvalue weighted by atomic mass is 9.97. The average molecular weight is 382 g/mol. The molecule has 0 aliphatic carbocycles. The van der Waals surface area contributed by atoms with Crippen LogP contribution in [0.5, 0.6) is 0 Å². The Morgan fingerprint density at radius 1 is 1.12 bits per heavy atom. The maximum absolute atomic E-state index is 14.4. The smallest absolute Gasteiger partial charge is 0.142 e. The van der Waals surface area contributed by atoms with E-state index in [-0.39, 0.29) is 11.4 Å². The van der Waals surface area contributed by atoms with E-state index in [1.807, 2.05) is 37.3 Å². The molecular weight excluding hydrogens is 369 g/mol. The molecule has 0 saturated carbocycles. The highest BCUT2D eigenvalue weighted by Crippen LogP contribution is 2.33. The molecule has 3 nitrogen and oxygen atoms in total. The first-order chi connectivity index (χ1) is 11.5. The molecule has 0 radical (unpaired) electrons. The molecule has 0 amide bonds. The third-order valence-electron chi connectivity index (χ3n) is 3.69. The summed E-state index contributed by atoms with van der Waals surface area (Å²) in [6, 6.07) is 16.2. The minimum absolute atomic E-state index is 0.0915. The Labute approximate surface area is 147 Å². The molecule has 0 saturated heterocycles. The number of benzene rings is 2. The lowest BCUT2D eigenvalue weighted by Crippen LogP contribution is -2.00. The van der Waals surface area contributed by atoms with Crippen LogP contribution in [0.2, 0.25) is 0 Å². The summed E-state index contributed by atoms with van der Waals surface area (Å²) in [5.74, 6) is -0.338. The van der Waals surface area contributed by atoms with Gasteiger partial charge in [0.05, 0.1) is 5.69 Å². The van der Waals surface area contributed by atoms with E-state index in [1.165, 1.54) is 6.07 Å². The Kier molecular flexibility index (Phi) is 4.32. The van der Waals surface area contributed by atoms with E-state index in [2.05, 4.69) is 20.9 Å². The average Bonchev–Trinajstić information content (AvgIpc) is 2.54. The molecule has 118 valence electrons. The molecule has 1 aromatic heterocycles. The van der Waals surface area contributed by atoms with Crippen molar-refractivity contribution in [2.24, 2.45) is 0 Å². The second-order valence-electron chi connectivity index (χ2n) is 5.42. The Balaban J connectivity index is 2.27. The fraction of sp³-hybridized carbons (Fsp3) is 0.0526. The molecule has 0 fully saturated rings. The zero-order chi connectivity index (χ0) is 17.3. The number of aryl methyl sites for hydroxylation is 1. The Morgan fingerprint density at radius 2 is 1.92 bits per heavy atom. The fourth-order valence-electron chi connectivity index (χ4n) is 2.55. The zero-order valence-electron chi connectivity index (χ0n) is 12.8. The van der Waals surface area contributed by atoms with Crippen molar-refractivity contribution < 1.29 is 4.39 Å². The molecule has 0 atom stereocenters. The van der Waals surface area contributed by atoms with Crippen molar-refractivity contribution >= 4 is 21.7 Å². The third-order valence-corrected chi connectivity index (χ3v) is 4.19. The number of nitrogens with zero attached hydrogens (tertiary/aromatic N) is 2. The van der Waals surface area contributed by atoms with Gasteiger partial charge in [-0.05, 0) is 31.2 Å². The fourth-order valence-corrected chi connectivity index (χ4v) is 2.89. The van der Waals surface area contributed by atoms with Crippen molar-refractivity contribution in [3.63, 3.8) is 0 Å². The van der Waals surface area contributed by atoms with Crippen LogP contribution in [0.3, 0.4) is 0 Å². The number of hydrogen-bond acceptors (Lipinski definition) is 3. The summed E-state index contributed by atoms with van der Waals surface area (Å²) < 4.78 is 15.0. The van der Waals surface area contributed by atoms with Gasteiger partial charge in [-0.3, -0.25) is 0 Å². The van der Waals surface area contributed by atoms with Crippen molar-refractivity contribution in [2.45, 2.75) is 6.92 Å². The molecule has 0 aliphatic heterocycles. The monoisotopic (exact) mass is 381 g/mol. The summed E-state index contributed by atoms with van der Waals surface area (Å²) in [6.07, 6.45) is 0. The van der Waals surface area contributed by atoms with Crippen LogP contribution in [-0.2, 0) is 0 Å². The molecule has 0 aliphatic rings. The van der Waals surface area contributed by atoms with E-state index in [0.29, 0.717) is 21.3 Å². The van der Waals surface area contributed by atoms with E-state index in [9.17, 15) is 9.65 Å². The van der Waals surface area contributed by atoms with Gasteiger partial charge in [0.25, 0.3) is 0 Å². The van der Waals surface area contributed by atoms with E-state index < -0.39 is 5.82 Å². The van der Waals surface area contributed by atoms with Gasteiger partial charge in [-0.25, -0.2) is 9.37 Å². The van der Waals surface area contributed by atoms with Crippen molar-refractivity contribution in [3.8, 4) is 28.5 Å². The lowest BCUT2D eigenvalue weighted by molar-refractivity contribution is 0.630. The van der Waals surface area contributed by atoms with E-state index in [1.54, 1.807) is 18.2 Å². The first-order valence-electron chi connectivity index (χ1n) is 7.22. The summed E-state index contributed by atoms with van der Waals surface area (Å²) in [5, 5.41) is 9.41. The molecule has 0 bridgehead atoms. The maximum atomic E-state index is 14.4. The van der Waals surface area contributed by atoms with Gasteiger partial charge < -0.3 is 5.73 Å². The van der Waals surface area contributed by atoms with Crippen molar-refractivity contribution in [3.05, 3.63) is 69.9 Å². The number of nitrogen functional groups attached to an aromatic ring is 1. The molecule has 5 heteroatoms. The van der Waals surface area contributed by atoms with Crippen LogP contribution in [0, 0.1) is 24.1 Å². The highest BCUT2D eigenvalue weighted by Gasteiger charge is 2.16. The molecule has 0 unspecified atom stereocenters. The Bertz CT molecular complexity index is 977. The first-order valence-corrected chi connectivity index (χ1v) is 8.02. The number of hydrogen-bond donors (Lipinski definition) is 1. The number of nitriles is 1. The molecular formula is C19H13BrFN3. The van der Waals surface area contributed by atoms with Crippen LogP contribution in [0.15, 0.2) is 53.0 Å². The maximum Gasteiger partial charge on any atom is 0.142 e. The van der Waals surface area contributed by atoms with Gasteiger partial charge in [0.1, 0.15) is 23.3 Å². The largest absolute Gasteiger partial charge is 0.383 e. The van der Waals surface area contributed by atoms with Crippen molar-refractivity contribution in [1.29, 1.82) is 5.26 Å². The van der Waals surface area contributed by atoms with Crippen molar-refractivity contribution in [2.75, 3.05) is 5.73 Å². The van der Waals surface area contributed by atoms with Gasteiger partial charge in [-0.2, -0.15) is 5.26 Å². The van der Waals surface area contributed by atoms with Gasteiger partial charge in [0.2, 0.25) is 0 Å². The number of rotatable bonds is 2. The van der Waals surface area contributed by atoms with E-state index >= 15 is 0 Å². The minimum atomic E-state index is -0.429. The number of halogens is 2. The van der Waals surface area contributed by atoms with E-state index in [4.69, 9.17) is 5.73 Å². The second kappa shape index (κ2) is 6.42. The quantitative estimate of drug-likeness (QED) is 0.672. The summed E-state index contributed by atoms with van der Waals surface area (Å²) in [5.41, 5.74) is 9.44. The number of aromatic nitrogens is 1. The van der Waals surface area contributed by atoms with Crippen LogP contribution in [-0.4, -0.2) is 4.98 Å². The molecule has 3 rings (SSSR count). The molecule has 24 heavy (non-hydrogen) atoms. The van der Waals surface area contributed by atoms with Crippen LogP contribution >= 0.6 is 15.9 Å². The second-order valence-corrected chi connectivity index (χ2v) is 6.34. The number of pyridine rings is 1. The normalized spacial score (nSPS) is 10.4. The molecule has 3 aromatic rings. The summed E-state index contributed by atoms with van der Waals surface area (Å²) in [7, 11) is 0. The topological polar surface area (TPSA) is 62.7 Å².